The van der Waals surface area contributed by atoms with E-state index in [4.69, 9.17) is 16.3 Å². The molecule has 1 amide bonds. The number of carboxylic acid groups (broad SMARTS) is 1. The molecule has 1 aliphatic rings. The summed E-state index contributed by atoms with van der Waals surface area (Å²) in [7, 11) is 0. The molecule has 0 aromatic heterocycles. The molecule has 1 aromatic rings. The number of aliphatic carboxylic acids is 1. The molecule has 6 nitrogen and oxygen atoms in total. The fourth-order valence-electron chi connectivity index (χ4n) is 2.54. The maximum atomic E-state index is 11.7. The van der Waals surface area contributed by atoms with Crippen molar-refractivity contribution in [1.82, 2.24) is 10.2 Å². The Balaban J connectivity index is 2.11. The smallest absolute Gasteiger partial charge is 0.325 e. The van der Waals surface area contributed by atoms with E-state index in [1.54, 1.807) is 24.3 Å². The minimum absolute atomic E-state index is 0.134. The molecule has 0 radical (unpaired) electrons. The molecule has 120 valence electrons. The highest BCUT2D eigenvalue weighted by atomic mass is 35.5. The van der Waals surface area contributed by atoms with Crippen LogP contribution in [0.2, 0.25) is 5.02 Å². The molecule has 0 aliphatic carbocycles. The van der Waals surface area contributed by atoms with Crippen molar-refractivity contribution in [3.8, 4) is 0 Å². The molecule has 1 aromatic carbocycles. The monoisotopic (exact) mass is 326 g/mol. The van der Waals surface area contributed by atoms with Gasteiger partial charge >= 0.3 is 5.97 Å². The quantitative estimate of drug-likeness (QED) is 0.852. The van der Waals surface area contributed by atoms with Crippen LogP contribution in [-0.2, 0) is 14.3 Å². The molecule has 7 heteroatoms. The van der Waals surface area contributed by atoms with Gasteiger partial charge in [0, 0.05) is 31.6 Å². The Labute approximate surface area is 134 Å². The minimum Gasteiger partial charge on any atom is -0.480 e. The highest BCUT2D eigenvalue weighted by Gasteiger charge is 2.32. The molecule has 2 atom stereocenters. The highest BCUT2D eigenvalue weighted by Crippen LogP contribution is 2.25. The SMILES string of the molecule is CC(=O)NCC1CN(C(C(=O)O)c2cccc(Cl)c2)CCO1. The molecule has 1 aliphatic heterocycles. The van der Waals surface area contributed by atoms with E-state index in [1.165, 1.54) is 6.92 Å². The topological polar surface area (TPSA) is 78.9 Å². The Bertz CT molecular complexity index is 552. The zero-order valence-corrected chi connectivity index (χ0v) is 13.0. The van der Waals surface area contributed by atoms with Crippen LogP contribution in [0.5, 0.6) is 0 Å². The second kappa shape index (κ2) is 7.58. The lowest BCUT2D eigenvalue weighted by Gasteiger charge is -2.36. The third-order valence-electron chi connectivity index (χ3n) is 3.51. The van der Waals surface area contributed by atoms with Crippen LogP contribution in [0.4, 0.5) is 0 Å². The van der Waals surface area contributed by atoms with Crippen molar-refractivity contribution in [2.45, 2.75) is 19.1 Å². The number of rotatable bonds is 5. The second-order valence-electron chi connectivity index (χ2n) is 5.22. The predicted octanol–water partition coefficient (Wildman–Crippen LogP) is 1.30. The van der Waals surface area contributed by atoms with Crippen molar-refractivity contribution >= 4 is 23.5 Å². The van der Waals surface area contributed by atoms with Gasteiger partial charge in [0.05, 0.1) is 12.7 Å². The Kier molecular flexibility index (Phi) is 5.76. The van der Waals surface area contributed by atoms with Crippen molar-refractivity contribution in [1.29, 1.82) is 0 Å². The maximum Gasteiger partial charge on any atom is 0.325 e. The normalized spacial score (nSPS) is 20.4. The third kappa shape index (κ3) is 4.43. The number of ether oxygens (including phenoxy) is 1. The number of nitrogens with zero attached hydrogens (tertiary/aromatic N) is 1. The maximum absolute atomic E-state index is 11.7. The molecule has 1 saturated heterocycles. The van der Waals surface area contributed by atoms with Crippen molar-refractivity contribution in [2.24, 2.45) is 0 Å². The van der Waals surface area contributed by atoms with Gasteiger partial charge < -0.3 is 15.2 Å². The Morgan fingerprint density at radius 2 is 2.32 bits per heavy atom. The van der Waals surface area contributed by atoms with Crippen molar-refractivity contribution in [3.63, 3.8) is 0 Å². The van der Waals surface area contributed by atoms with E-state index in [9.17, 15) is 14.7 Å². The number of halogens is 1. The van der Waals surface area contributed by atoms with Crippen LogP contribution >= 0.6 is 11.6 Å². The first-order valence-corrected chi connectivity index (χ1v) is 7.43. The van der Waals surface area contributed by atoms with Crippen molar-refractivity contribution < 1.29 is 19.4 Å². The van der Waals surface area contributed by atoms with E-state index in [1.807, 2.05) is 4.90 Å². The van der Waals surface area contributed by atoms with Gasteiger partial charge in [-0.05, 0) is 17.7 Å². The number of benzene rings is 1. The molecule has 1 heterocycles. The standard InChI is InChI=1S/C15H19ClN2O4/c1-10(19)17-8-13-9-18(5-6-22-13)14(15(20)21)11-3-2-4-12(16)7-11/h2-4,7,13-14H,5-6,8-9H2,1H3,(H,17,19)(H,20,21). The first kappa shape index (κ1) is 16.7. The number of carboxylic acids is 1. The number of morpholine rings is 1. The largest absolute Gasteiger partial charge is 0.480 e. The van der Waals surface area contributed by atoms with E-state index >= 15 is 0 Å². The van der Waals surface area contributed by atoms with Gasteiger partial charge in [0.25, 0.3) is 0 Å². The van der Waals surface area contributed by atoms with E-state index in [-0.39, 0.29) is 12.0 Å². The van der Waals surface area contributed by atoms with Gasteiger partial charge in [-0.1, -0.05) is 23.7 Å². The van der Waals surface area contributed by atoms with Gasteiger partial charge in [-0.3, -0.25) is 14.5 Å². The summed E-state index contributed by atoms with van der Waals surface area (Å²) < 4.78 is 5.57. The number of hydrogen-bond donors (Lipinski definition) is 2. The summed E-state index contributed by atoms with van der Waals surface area (Å²) in [5.41, 5.74) is 0.639. The number of nitrogens with one attached hydrogen (secondary N) is 1. The second-order valence-corrected chi connectivity index (χ2v) is 5.66. The first-order chi connectivity index (χ1) is 10.5. The predicted molar refractivity (Wildman–Crippen MR) is 81.8 cm³/mol. The Morgan fingerprint density at radius 3 is 2.95 bits per heavy atom. The van der Waals surface area contributed by atoms with Gasteiger partial charge in [0.15, 0.2) is 0 Å². The molecular weight excluding hydrogens is 308 g/mol. The molecule has 0 spiro atoms. The zero-order valence-electron chi connectivity index (χ0n) is 12.3. The molecule has 0 saturated carbocycles. The molecule has 22 heavy (non-hydrogen) atoms. The van der Waals surface area contributed by atoms with Crippen LogP contribution in [0.15, 0.2) is 24.3 Å². The van der Waals surface area contributed by atoms with Crippen LogP contribution in [0.1, 0.15) is 18.5 Å². The van der Waals surface area contributed by atoms with Crippen LogP contribution in [-0.4, -0.2) is 54.2 Å². The molecule has 1 fully saturated rings. The summed E-state index contributed by atoms with van der Waals surface area (Å²) in [5.74, 6) is -1.06. The fourth-order valence-corrected chi connectivity index (χ4v) is 2.74. The molecular formula is C15H19ClN2O4. The lowest BCUT2D eigenvalue weighted by molar-refractivity contribution is -0.147. The van der Waals surface area contributed by atoms with Gasteiger partial charge in [-0.2, -0.15) is 0 Å². The van der Waals surface area contributed by atoms with Gasteiger partial charge in [0.2, 0.25) is 5.91 Å². The minimum atomic E-state index is -0.928. The summed E-state index contributed by atoms with van der Waals surface area (Å²) in [6.45, 7) is 3.18. The van der Waals surface area contributed by atoms with E-state index in [0.717, 1.165) is 0 Å². The van der Waals surface area contributed by atoms with Gasteiger partial charge in [0.1, 0.15) is 6.04 Å². The van der Waals surface area contributed by atoms with E-state index in [2.05, 4.69) is 5.32 Å². The van der Waals surface area contributed by atoms with Gasteiger partial charge in [-0.25, -0.2) is 0 Å². The number of hydrogen-bond acceptors (Lipinski definition) is 4. The van der Waals surface area contributed by atoms with E-state index in [0.29, 0.717) is 36.8 Å². The van der Waals surface area contributed by atoms with Crippen LogP contribution in [0, 0.1) is 0 Å². The van der Waals surface area contributed by atoms with Crippen LogP contribution in [0.3, 0.4) is 0 Å². The lowest BCUT2D eigenvalue weighted by atomic mass is 10.0. The summed E-state index contributed by atoms with van der Waals surface area (Å²) in [6, 6.07) is 6.09. The average molecular weight is 327 g/mol. The van der Waals surface area contributed by atoms with Crippen molar-refractivity contribution in [2.75, 3.05) is 26.2 Å². The summed E-state index contributed by atoms with van der Waals surface area (Å²) in [6.07, 6.45) is -0.223. The van der Waals surface area contributed by atoms with Gasteiger partial charge in [-0.15, -0.1) is 0 Å². The van der Waals surface area contributed by atoms with Crippen LogP contribution in [0.25, 0.3) is 0 Å². The molecule has 2 N–H and O–H groups in total. The third-order valence-corrected chi connectivity index (χ3v) is 3.75. The Hall–Kier alpha value is -1.63. The van der Waals surface area contributed by atoms with Crippen LogP contribution < -0.4 is 5.32 Å². The molecule has 2 rings (SSSR count). The summed E-state index contributed by atoms with van der Waals surface area (Å²) in [4.78, 5) is 24.5. The highest BCUT2D eigenvalue weighted by molar-refractivity contribution is 6.30. The molecule has 0 bridgehead atoms. The Morgan fingerprint density at radius 1 is 1.55 bits per heavy atom. The number of carbonyl (C=O) groups excluding carboxylic acids is 1. The number of carbonyl (C=O) groups is 2. The zero-order chi connectivity index (χ0) is 16.1. The van der Waals surface area contributed by atoms with E-state index < -0.39 is 12.0 Å². The fraction of sp³-hybridized carbons (Fsp3) is 0.467. The summed E-state index contributed by atoms with van der Waals surface area (Å²) in [5, 5.41) is 12.8. The molecule has 2 unspecified atom stereocenters. The first-order valence-electron chi connectivity index (χ1n) is 7.05. The lowest BCUT2D eigenvalue weighted by Crippen LogP contribution is -2.49. The number of amides is 1. The average Bonchev–Trinajstić information content (AvgIpc) is 2.45. The summed E-state index contributed by atoms with van der Waals surface area (Å²) >= 11 is 5.96. The van der Waals surface area contributed by atoms with Crippen molar-refractivity contribution in [3.05, 3.63) is 34.9 Å².